The zero-order valence-corrected chi connectivity index (χ0v) is 18.4. The van der Waals surface area contributed by atoms with Crippen molar-refractivity contribution in [1.82, 2.24) is 19.6 Å². The maximum Gasteiger partial charge on any atom is 0.236 e. The third-order valence-electron chi connectivity index (χ3n) is 8.59. The van der Waals surface area contributed by atoms with E-state index in [0.29, 0.717) is 38.6 Å². The first-order valence-electron chi connectivity index (χ1n) is 12.0. The Balaban J connectivity index is 1.11. The molecule has 6 fully saturated rings. The van der Waals surface area contributed by atoms with E-state index in [4.69, 9.17) is 0 Å². The minimum atomic E-state index is -0.0525. The molecule has 0 radical (unpaired) electrons. The smallest absolute Gasteiger partial charge is 0.236 e. The zero-order chi connectivity index (χ0) is 20.9. The van der Waals surface area contributed by atoms with Crippen molar-refractivity contribution in [2.24, 2.45) is 23.2 Å². The summed E-state index contributed by atoms with van der Waals surface area (Å²) in [4.78, 5) is 45.7. The van der Waals surface area contributed by atoms with E-state index in [2.05, 4.69) is 9.80 Å². The highest BCUT2D eigenvalue weighted by atomic mass is 16.2. The second-order valence-electron chi connectivity index (χ2n) is 10.7. The molecule has 30 heavy (non-hydrogen) atoms. The molecule has 0 spiro atoms. The quantitative estimate of drug-likeness (QED) is 0.690. The summed E-state index contributed by atoms with van der Waals surface area (Å²) < 4.78 is 0. The van der Waals surface area contributed by atoms with Crippen LogP contribution in [0.4, 0.5) is 0 Å². The molecule has 7 nitrogen and oxygen atoms in total. The van der Waals surface area contributed by atoms with Crippen molar-refractivity contribution in [2.45, 2.75) is 45.4 Å². The molecule has 2 saturated heterocycles. The fourth-order valence-electron chi connectivity index (χ4n) is 7.38. The zero-order valence-electron chi connectivity index (χ0n) is 18.4. The first-order chi connectivity index (χ1) is 14.4. The van der Waals surface area contributed by atoms with Gasteiger partial charge in [-0.05, 0) is 56.3 Å². The Morgan fingerprint density at radius 1 is 0.700 bits per heavy atom. The lowest BCUT2D eigenvalue weighted by Gasteiger charge is -2.57. The molecule has 4 saturated carbocycles. The highest BCUT2D eigenvalue weighted by Crippen LogP contribution is 2.60. The molecular formula is C23H36N4O3. The van der Waals surface area contributed by atoms with Crippen molar-refractivity contribution >= 4 is 17.7 Å². The fourth-order valence-corrected chi connectivity index (χ4v) is 7.38. The Morgan fingerprint density at radius 3 is 1.67 bits per heavy atom. The largest absolute Gasteiger partial charge is 0.340 e. The molecule has 7 heteroatoms. The van der Waals surface area contributed by atoms with Crippen LogP contribution < -0.4 is 0 Å². The van der Waals surface area contributed by atoms with Crippen molar-refractivity contribution in [3.05, 3.63) is 0 Å². The summed E-state index contributed by atoms with van der Waals surface area (Å²) in [6, 6.07) is 0. The minimum absolute atomic E-state index is 0.0525. The molecular weight excluding hydrogens is 380 g/mol. The minimum Gasteiger partial charge on any atom is -0.340 e. The normalized spacial score (nSPS) is 36.3. The monoisotopic (exact) mass is 416 g/mol. The van der Waals surface area contributed by atoms with Crippen molar-refractivity contribution in [2.75, 3.05) is 58.9 Å². The van der Waals surface area contributed by atoms with Crippen molar-refractivity contribution in [3.8, 4) is 0 Å². The average molecular weight is 417 g/mol. The van der Waals surface area contributed by atoms with Crippen molar-refractivity contribution in [3.63, 3.8) is 0 Å². The van der Waals surface area contributed by atoms with Crippen LogP contribution in [-0.4, -0.2) is 96.2 Å². The number of hydrogen-bond donors (Lipinski definition) is 0. The molecule has 2 heterocycles. The number of carbonyl (C=O) groups excluding carboxylic acids is 3. The number of amides is 3. The molecule has 3 amide bonds. The van der Waals surface area contributed by atoms with Crippen LogP contribution in [0, 0.1) is 23.2 Å². The Morgan fingerprint density at radius 2 is 1.17 bits per heavy atom. The maximum absolute atomic E-state index is 13.5. The van der Waals surface area contributed by atoms with Gasteiger partial charge in [0, 0.05) is 59.3 Å². The van der Waals surface area contributed by atoms with Gasteiger partial charge >= 0.3 is 0 Å². The molecule has 0 unspecified atom stereocenters. The molecule has 6 aliphatic rings. The van der Waals surface area contributed by atoms with Gasteiger partial charge in [0.15, 0.2) is 0 Å². The van der Waals surface area contributed by atoms with Crippen molar-refractivity contribution in [1.29, 1.82) is 0 Å². The van der Waals surface area contributed by atoms with Gasteiger partial charge in [-0.1, -0.05) is 0 Å². The van der Waals surface area contributed by atoms with Crippen molar-refractivity contribution < 1.29 is 14.4 Å². The van der Waals surface area contributed by atoms with Gasteiger partial charge in [0.05, 0.1) is 12.0 Å². The first kappa shape index (κ1) is 20.3. The summed E-state index contributed by atoms with van der Waals surface area (Å²) in [5.74, 6) is 3.04. The summed E-state index contributed by atoms with van der Waals surface area (Å²) in [6.45, 7) is 7.63. The van der Waals surface area contributed by atoms with Crippen LogP contribution in [0.2, 0.25) is 0 Å². The second kappa shape index (κ2) is 7.81. The van der Waals surface area contributed by atoms with Crippen LogP contribution in [0.25, 0.3) is 0 Å². The summed E-state index contributed by atoms with van der Waals surface area (Å²) in [7, 11) is 0. The molecule has 0 atom stereocenters. The predicted molar refractivity (Wildman–Crippen MR) is 112 cm³/mol. The molecule has 0 N–H and O–H groups in total. The standard InChI is InChI=1S/C23H36N4O3/c1-17(28)25-6-8-26(9-7-25)21(29)16-24-2-4-27(5-3-24)22(30)23-13-18-10-19(14-23)12-20(11-18)15-23/h18-20H,2-16H2,1H3. The SMILES string of the molecule is CC(=O)N1CCN(C(=O)CN2CCN(C(=O)C34CC5CC(CC(C5)C3)C4)CC2)CC1. The Bertz CT molecular complexity index is 672. The van der Waals surface area contributed by atoms with E-state index < -0.39 is 0 Å². The van der Waals surface area contributed by atoms with E-state index in [1.165, 1.54) is 19.3 Å². The van der Waals surface area contributed by atoms with E-state index >= 15 is 0 Å². The van der Waals surface area contributed by atoms with Crippen LogP contribution in [0.1, 0.15) is 45.4 Å². The molecule has 0 aromatic heterocycles. The molecule has 166 valence electrons. The van der Waals surface area contributed by atoms with Gasteiger partial charge in [-0.3, -0.25) is 19.3 Å². The number of rotatable bonds is 3. The van der Waals surface area contributed by atoms with Gasteiger partial charge in [-0.25, -0.2) is 0 Å². The van der Waals surface area contributed by atoms with Crippen LogP contribution in [0.5, 0.6) is 0 Å². The number of nitrogens with zero attached hydrogens (tertiary/aromatic N) is 4. The first-order valence-corrected chi connectivity index (χ1v) is 12.0. The summed E-state index contributed by atoms with van der Waals surface area (Å²) in [5.41, 5.74) is -0.0525. The van der Waals surface area contributed by atoms with Gasteiger partial charge in [0.2, 0.25) is 17.7 Å². The summed E-state index contributed by atoms with van der Waals surface area (Å²) >= 11 is 0. The van der Waals surface area contributed by atoms with Gasteiger partial charge in [0.25, 0.3) is 0 Å². The maximum atomic E-state index is 13.5. The third kappa shape index (κ3) is 3.74. The van der Waals surface area contributed by atoms with Crippen LogP contribution in [0.3, 0.4) is 0 Å². The van der Waals surface area contributed by atoms with E-state index in [1.54, 1.807) is 11.8 Å². The van der Waals surface area contributed by atoms with Crippen LogP contribution in [0.15, 0.2) is 0 Å². The summed E-state index contributed by atoms with van der Waals surface area (Å²) in [6.07, 6.45) is 7.48. The topological polar surface area (TPSA) is 64.2 Å². The van der Waals surface area contributed by atoms with E-state index in [-0.39, 0.29) is 17.2 Å². The molecule has 4 bridgehead atoms. The molecule has 6 rings (SSSR count). The van der Waals surface area contributed by atoms with E-state index in [1.807, 2.05) is 4.90 Å². The lowest BCUT2D eigenvalue weighted by molar-refractivity contribution is -0.159. The molecule has 4 aliphatic carbocycles. The van der Waals surface area contributed by atoms with Gasteiger partial charge in [0.1, 0.15) is 0 Å². The lowest BCUT2D eigenvalue weighted by atomic mass is 9.49. The molecule has 2 aliphatic heterocycles. The highest BCUT2D eigenvalue weighted by molar-refractivity contribution is 5.83. The Hall–Kier alpha value is -1.63. The second-order valence-corrected chi connectivity index (χ2v) is 10.7. The van der Waals surface area contributed by atoms with Crippen LogP contribution >= 0.6 is 0 Å². The molecule has 0 aromatic rings. The van der Waals surface area contributed by atoms with E-state index in [0.717, 1.165) is 63.2 Å². The Labute approximate surface area is 179 Å². The van der Waals surface area contributed by atoms with E-state index in [9.17, 15) is 14.4 Å². The number of carbonyl (C=O) groups is 3. The van der Waals surface area contributed by atoms with Gasteiger partial charge in [-0.15, -0.1) is 0 Å². The van der Waals surface area contributed by atoms with Gasteiger partial charge < -0.3 is 14.7 Å². The van der Waals surface area contributed by atoms with Gasteiger partial charge in [-0.2, -0.15) is 0 Å². The molecule has 0 aromatic carbocycles. The third-order valence-corrected chi connectivity index (χ3v) is 8.59. The predicted octanol–water partition coefficient (Wildman–Crippen LogP) is 1.04. The lowest BCUT2D eigenvalue weighted by Crippen LogP contribution is -2.59. The Kier molecular flexibility index (Phi) is 5.28. The fraction of sp³-hybridized carbons (Fsp3) is 0.870. The number of hydrogen-bond acceptors (Lipinski definition) is 4. The van der Waals surface area contributed by atoms with Crippen LogP contribution in [-0.2, 0) is 14.4 Å². The highest BCUT2D eigenvalue weighted by Gasteiger charge is 2.55. The number of piperazine rings is 2. The average Bonchev–Trinajstić information content (AvgIpc) is 2.73. The summed E-state index contributed by atoms with van der Waals surface area (Å²) in [5, 5.41) is 0.